The van der Waals surface area contributed by atoms with Crippen molar-refractivity contribution in [2.45, 2.75) is 45.1 Å². The van der Waals surface area contributed by atoms with Crippen LogP contribution in [0, 0.1) is 11.8 Å². The van der Waals surface area contributed by atoms with Gasteiger partial charge in [0, 0.05) is 25.5 Å². The van der Waals surface area contributed by atoms with Crippen LogP contribution in [0.2, 0.25) is 0 Å². The molecule has 2 fully saturated rings. The van der Waals surface area contributed by atoms with Crippen LogP contribution >= 0.6 is 0 Å². The maximum atomic E-state index is 5.93. The number of piperidine rings is 1. The summed E-state index contributed by atoms with van der Waals surface area (Å²) in [6.45, 7) is 5.02. The number of ether oxygens (including phenoxy) is 1. The van der Waals surface area contributed by atoms with E-state index in [0.29, 0.717) is 23.8 Å². The van der Waals surface area contributed by atoms with Gasteiger partial charge in [-0.05, 0) is 31.1 Å². The van der Waals surface area contributed by atoms with Gasteiger partial charge >= 0.3 is 0 Å². The van der Waals surface area contributed by atoms with Crippen LogP contribution in [-0.4, -0.2) is 39.2 Å². The molecule has 0 bridgehead atoms. The van der Waals surface area contributed by atoms with Gasteiger partial charge in [0.05, 0.1) is 31.4 Å². The Balaban J connectivity index is 1.43. The number of aromatic nitrogens is 4. The summed E-state index contributed by atoms with van der Waals surface area (Å²) in [5, 5.41) is 0. The molecule has 6 nitrogen and oxygen atoms in total. The topological polar surface area (TPSA) is 56.1 Å². The van der Waals surface area contributed by atoms with Gasteiger partial charge < -0.3 is 14.2 Å². The molecule has 0 N–H and O–H groups in total. The second-order valence-corrected chi connectivity index (χ2v) is 7.47. The Morgan fingerprint density at radius 3 is 2.84 bits per heavy atom. The molecule has 2 atom stereocenters. The second kappa shape index (κ2) is 7.42. The SMILES string of the molecule is CC1CCN(c2cncc(OCC3CCCC3)n2)CC1n1ccnc1. The highest BCUT2D eigenvalue weighted by Gasteiger charge is 2.28. The second-order valence-electron chi connectivity index (χ2n) is 7.47. The highest BCUT2D eigenvalue weighted by Crippen LogP contribution is 2.30. The zero-order valence-electron chi connectivity index (χ0n) is 14.9. The minimum absolute atomic E-state index is 0.418. The predicted molar refractivity (Wildman–Crippen MR) is 96.7 cm³/mol. The molecule has 1 saturated heterocycles. The molecule has 2 aliphatic rings. The fourth-order valence-corrected chi connectivity index (χ4v) is 4.05. The normalized spacial score (nSPS) is 24.6. The maximum Gasteiger partial charge on any atom is 0.234 e. The van der Waals surface area contributed by atoms with E-state index in [1.165, 1.54) is 25.7 Å². The average molecular weight is 341 g/mol. The minimum Gasteiger partial charge on any atom is -0.476 e. The fourth-order valence-electron chi connectivity index (χ4n) is 4.05. The first kappa shape index (κ1) is 16.4. The Kier molecular flexibility index (Phi) is 4.85. The lowest BCUT2D eigenvalue weighted by atomic mass is 9.93. The zero-order chi connectivity index (χ0) is 17.1. The number of hydrogen-bond acceptors (Lipinski definition) is 5. The van der Waals surface area contributed by atoms with Crippen molar-refractivity contribution < 1.29 is 4.74 Å². The van der Waals surface area contributed by atoms with Gasteiger partial charge in [-0.1, -0.05) is 19.8 Å². The molecule has 2 unspecified atom stereocenters. The van der Waals surface area contributed by atoms with Crippen molar-refractivity contribution in [3.63, 3.8) is 0 Å². The number of rotatable bonds is 5. The van der Waals surface area contributed by atoms with E-state index in [-0.39, 0.29) is 0 Å². The Morgan fingerprint density at radius 1 is 1.16 bits per heavy atom. The summed E-state index contributed by atoms with van der Waals surface area (Å²) >= 11 is 0. The van der Waals surface area contributed by atoms with Crippen molar-refractivity contribution in [2.75, 3.05) is 24.6 Å². The third-order valence-electron chi connectivity index (χ3n) is 5.69. The molecule has 0 aromatic carbocycles. The summed E-state index contributed by atoms with van der Waals surface area (Å²) in [6.07, 6.45) is 15.8. The maximum absolute atomic E-state index is 5.93. The van der Waals surface area contributed by atoms with E-state index in [2.05, 4.69) is 32.6 Å². The number of hydrogen-bond donors (Lipinski definition) is 0. The van der Waals surface area contributed by atoms with Crippen molar-refractivity contribution >= 4 is 5.82 Å². The molecule has 0 amide bonds. The van der Waals surface area contributed by atoms with Crippen LogP contribution < -0.4 is 9.64 Å². The van der Waals surface area contributed by atoms with Crippen LogP contribution in [0.15, 0.2) is 31.1 Å². The molecule has 1 saturated carbocycles. The molecular formula is C19H27N5O. The summed E-state index contributed by atoms with van der Waals surface area (Å²) < 4.78 is 8.14. The third kappa shape index (κ3) is 3.78. The van der Waals surface area contributed by atoms with Gasteiger partial charge in [-0.15, -0.1) is 0 Å². The summed E-state index contributed by atoms with van der Waals surface area (Å²) in [6, 6.07) is 0.418. The Morgan fingerprint density at radius 2 is 2.04 bits per heavy atom. The average Bonchev–Trinajstić information content (AvgIpc) is 3.34. The van der Waals surface area contributed by atoms with E-state index in [1.54, 1.807) is 6.20 Å². The predicted octanol–water partition coefficient (Wildman–Crippen LogP) is 3.33. The lowest BCUT2D eigenvalue weighted by Crippen LogP contribution is -2.41. The van der Waals surface area contributed by atoms with E-state index in [1.807, 2.05) is 18.7 Å². The lowest BCUT2D eigenvalue weighted by molar-refractivity contribution is 0.242. The van der Waals surface area contributed by atoms with Crippen molar-refractivity contribution in [3.05, 3.63) is 31.1 Å². The van der Waals surface area contributed by atoms with Crippen molar-refractivity contribution in [1.82, 2.24) is 19.5 Å². The molecule has 1 aliphatic carbocycles. The van der Waals surface area contributed by atoms with Crippen LogP contribution in [0.1, 0.15) is 45.1 Å². The highest BCUT2D eigenvalue weighted by molar-refractivity contribution is 5.38. The summed E-state index contributed by atoms with van der Waals surface area (Å²) in [4.78, 5) is 15.6. The highest BCUT2D eigenvalue weighted by atomic mass is 16.5. The molecule has 0 radical (unpaired) electrons. The largest absolute Gasteiger partial charge is 0.476 e. The van der Waals surface area contributed by atoms with Crippen molar-refractivity contribution in [3.8, 4) is 5.88 Å². The molecule has 4 rings (SSSR count). The molecule has 6 heteroatoms. The summed E-state index contributed by atoms with van der Waals surface area (Å²) in [7, 11) is 0. The first-order valence-corrected chi connectivity index (χ1v) is 9.47. The van der Waals surface area contributed by atoms with Gasteiger partial charge in [0.15, 0.2) is 5.82 Å². The fraction of sp³-hybridized carbons (Fsp3) is 0.632. The van der Waals surface area contributed by atoms with E-state index in [0.717, 1.165) is 31.9 Å². The number of nitrogens with zero attached hydrogens (tertiary/aromatic N) is 5. The smallest absolute Gasteiger partial charge is 0.234 e. The molecule has 25 heavy (non-hydrogen) atoms. The number of imidazole rings is 1. The minimum atomic E-state index is 0.418. The van der Waals surface area contributed by atoms with Crippen LogP contribution in [0.4, 0.5) is 5.82 Å². The molecule has 1 aliphatic heterocycles. The quantitative estimate of drug-likeness (QED) is 0.835. The van der Waals surface area contributed by atoms with Crippen LogP contribution in [0.5, 0.6) is 5.88 Å². The first-order valence-electron chi connectivity index (χ1n) is 9.47. The van der Waals surface area contributed by atoms with E-state index in [4.69, 9.17) is 9.72 Å². The van der Waals surface area contributed by atoms with Crippen LogP contribution in [-0.2, 0) is 0 Å². The standard InChI is InChI=1S/C19H27N5O/c1-15-6-8-23(12-17(15)24-9-7-20-14-24)18-10-21-11-19(22-18)25-13-16-4-2-3-5-16/h7,9-11,14-17H,2-6,8,12-13H2,1H3. The van der Waals surface area contributed by atoms with Gasteiger partial charge in [0.2, 0.25) is 5.88 Å². The molecule has 2 aromatic heterocycles. The van der Waals surface area contributed by atoms with Gasteiger partial charge in [-0.3, -0.25) is 4.98 Å². The molecular weight excluding hydrogens is 314 g/mol. The Hall–Kier alpha value is -2.11. The Bertz CT molecular complexity index is 668. The van der Waals surface area contributed by atoms with Crippen molar-refractivity contribution in [2.24, 2.45) is 11.8 Å². The van der Waals surface area contributed by atoms with Gasteiger partial charge in [-0.25, -0.2) is 4.98 Å². The first-order chi connectivity index (χ1) is 12.3. The monoisotopic (exact) mass is 341 g/mol. The zero-order valence-corrected chi connectivity index (χ0v) is 14.9. The van der Waals surface area contributed by atoms with Crippen LogP contribution in [0.25, 0.3) is 0 Å². The third-order valence-corrected chi connectivity index (χ3v) is 5.69. The summed E-state index contributed by atoms with van der Waals surface area (Å²) in [5.74, 6) is 2.88. The van der Waals surface area contributed by atoms with E-state index >= 15 is 0 Å². The molecule has 2 aromatic rings. The van der Waals surface area contributed by atoms with Crippen LogP contribution in [0.3, 0.4) is 0 Å². The molecule has 3 heterocycles. The summed E-state index contributed by atoms with van der Waals surface area (Å²) in [5.41, 5.74) is 0. The van der Waals surface area contributed by atoms with Gasteiger partial charge in [0.25, 0.3) is 0 Å². The van der Waals surface area contributed by atoms with Gasteiger partial charge in [0.1, 0.15) is 0 Å². The Labute approximate surface area is 149 Å². The lowest BCUT2D eigenvalue weighted by Gasteiger charge is -2.38. The number of anilines is 1. The molecule has 134 valence electrons. The van der Waals surface area contributed by atoms with E-state index < -0.39 is 0 Å². The van der Waals surface area contributed by atoms with E-state index in [9.17, 15) is 0 Å². The van der Waals surface area contributed by atoms with Gasteiger partial charge in [-0.2, -0.15) is 4.98 Å². The molecule has 0 spiro atoms. The van der Waals surface area contributed by atoms with Crippen molar-refractivity contribution in [1.29, 1.82) is 0 Å².